The number of ketones is 1. The van der Waals surface area contributed by atoms with Crippen LogP contribution in [0.3, 0.4) is 0 Å². The van der Waals surface area contributed by atoms with Gasteiger partial charge in [-0.3, -0.25) is 14.5 Å². The molecular weight excluding hydrogens is 442 g/mol. The lowest BCUT2D eigenvalue weighted by molar-refractivity contribution is -0.132. The van der Waals surface area contributed by atoms with E-state index in [9.17, 15) is 14.7 Å². The van der Waals surface area contributed by atoms with Gasteiger partial charge in [-0.05, 0) is 73.2 Å². The number of aliphatic hydroxyl groups is 1. The van der Waals surface area contributed by atoms with Gasteiger partial charge in [-0.15, -0.1) is 0 Å². The molecule has 1 unspecified atom stereocenters. The molecule has 0 aromatic heterocycles. The van der Waals surface area contributed by atoms with Gasteiger partial charge in [0, 0.05) is 31.0 Å². The molecule has 3 N–H and O–H groups in total. The van der Waals surface area contributed by atoms with Crippen LogP contribution >= 0.6 is 0 Å². The van der Waals surface area contributed by atoms with Crippen molar-refractivity contribution < 1.29 is 19.5 Å². The lowest BCUT2D eigenvalue weighted by Crippen LogP contribution is -2.40. The number of nitrogens with zero attached hydrogens (tertiary/aromatic N) is 2. The standard InChI is InChI=1S/C28H33N3O4/c1-30(2)22-16-12-21(13-17-22)26(32)24-25(20-8-4-3-5-9-20)31(28(34)27(24)33)23-14-10-19(11-15-23)7-6-18-35-29/h6,10-18,20,25,32H,3-5,7-9,29H2,1-2H3/b18-6-,26-24-. The Morgan fingerprint density at radius 1 is 1.06 bits per heavy atom. The minimum atomic E-state index is -0.623. The summed E-state index contributed by atoms with van der Waals surface area (Å²) in [5, 5.41) is 11.3. The predicted molar refractivity (Wildman–Crippen MR) is 138 cm³/mol. The number of carbonyl (C=O) groups excluding carboxylic acids is 2. The van der Waals surface area contributed by atoms with Crippen molar-refractivity contribution in [1.29, 1.82) is 0 Å². The minimum absolute atomic E-state index is 0.102. The van der Waals surface area contributed by atoms with Crippen molar-refractivity contribution in [3.63, 3.8) is 0 Å². The van der Waals surface area contributed by atoms with Crippen LogP contribution in [0, 0.1) is 5.92 Å². The molecule has 7 heteroatoms. The summed E-state index contributed by atoms with van der Waals surface area (Å²) in [6.45, 7) is 0. The van der Waals surface area contributed by atoms with Crippen molar-refractivity contribution in [2.75, 3.05) is 23.9 Å². The fourth-order valence-electron chi connectivity index (χ4n) is 5.14. The monoisotopic (exact) mass is 475 g/mol. The van der Waals surface area contributed by atoms with E-state index in [4.69, 9.17) is 5.90 Å². The number of allylic oxidation sites excluding steroid dienone is 1. The number of hydrogen-bond donors (Lipinski definition) is 2. The Morgan fingerprint density at radius 3 is 2.31 bits per heavy atom. The second-order valence-corrected chi connectivity index (χ2v) is 9.43. The van der Waals surface area contributed by atoms with Crippen LogP contribution in [0.1, 0.15) is 43.2 Å². The molecule has 1 saturated carbocycles. The summed E-state index contributed by atoms with van der Waals surface area (Å²) in [6.07, 6.45) is 8.93. The van der Waals surface area contributed by atoms with E-state index in [1.165, 1.54) is 6.26 Å². The van der Waals surface area contributed by atoms with Crippen molar-refractivity contribution in [1.82, 2.24) is 0 Å². The lowest BCUT2D eigenvalue weighted by atomic mass is 9.80. The number of amides is 1. The Balaban J connectivity index is 1.74. The predicted octanol–water partition coefficient (Wildman–Crippen LogP) is 4.53. The van der Waals surface area contributed by atoms with Gasteiger partial charge in [0.2, 0.25) is 0 Å². The van der Waals surface area contributed by atoms with Crippen LogP contribution in [0.15, 0.2) is 66.4 Å². The number of aliphatic hydroxyl groups excluding tert-OH is 1. The molecule has 1 heterocycles. The van der Waals surface area contributed by atoms with Crippen LogP contribution in [0.2, 0.25) is 0 Å². The first kappa shape index (κ1) is 24.5. The van der Waals surface area contributed by atoms with Crippen LogP contribution in [-0.4, -0.2) is 36.9 Å². The molecule has 35 heavy (non-hydrogen) atoms. The maximum absolute atomic E-state index is 13.3. The third-order valence-corrected chi connectivity index (χ3v) is 6.98. The maximum Gasteiger partial charge on any atom is 0.299 e. The molecule has 2 aliphatic rings. The average molecular weight is 476 g/mol. The van der Waals surface area contributed by atoms with Gasteiger partial charge in [0.1, 0.15) is 12.0 Å². The SMILES string of the molecule is CN(C)c1ccc(/C(O)=C2/C(=O)C(=O)N(c3ccc(C/C=C\ON)cc3)C2C2CCCCC2)cc1. The molecule has 0 bridgehead atoms. The average Bonchev–Trinajstić information content (AvgIpc) is 3.15. The smallest absolute Gasteiger partial charge is 0.299 e. The zero-order valence-corrected chi connectivity index (χ0v) is 20.3. The van der Waals surface area contributed by atoms with E-state index in [-0.39, 0.29) is 17.3 Å². The van der Waals surface area contributed by atoms with Crippen LogP contribution in [0.5, 0.6) is 0 Å². The van der Waals surface area contributed by atoms with Crippen molar-refractivity contribution in [2.24, 2.45) is 11.8 Å². The first-order valence-electron chi connectivity index (χ1n) is 12.1. The fourth-order valence-corrected chi connectivity index (χ4v) is 5.14. The van der Waals surface area contributed by atoms with E-state index in [2.05, 4.69) is 4.84 Å². The number of benzene rings is 2. The van der Waals surface area contributed by atoms with Gasteiger partial charge >= 0.3 is 0 Å². The van der Waals surface area contributed by atoms with Crippen LogP contribution < -0.4 is 15.7 Å². The highest BCUT2D eigenvalue weighted by atomic mass is 16.6. The summed E-state index contributed by atoms with van der Waals surface area (Å²) in [6, 6.07) is 14.5. The van der Waals surface area contributed by atoms with Gasteiger partial charge in [-0.2, -0.15) is 5.90 Å². The number of carbonyl (C=O) groups is 2. The van der Waals surface area contributed by atoms with Crippen LogP contribution in [0.4, 0.5) is 11.4 Å². The van der Waals surface area contributed by atoms with Gasteiger partial charge in [0.25, 0.3) is 11.7 Å². The molecule has 1 aliphatic heterocycles. The molecule has 0 radical (unpaired) electrons. The minimum Gasteiger partial charge on any atom is -0.507 e. The van der Waals surface area contributed by atoms with Crippen molar-refractivity contribution in [3.05, 3.63) is 77.6 Å². The number of nitrogens with two attached hydrogens (primary N) is 1. The van der Waals surface area contributed by atoms with Crippen molar-refractivity contribution in [2.45, 2.75) is 44.6 Å². The van der Waals surface area contributed by atoms with Crippen molar-refractivity contribution in [3.8, 4) is 0 Å². The Morgan fingerprint density at radius 2 is 1.71 bits per heavy atom. The first-order valence-corrected chi connectivity index (χ1v) is 12.1. The Hall–Kier alpha value is -3.58. The number of Topliss-reactive ketones (excluding diaryl/α,β-unsaturated/α-hetero) is 1. The molecule has 0 spiro atoms. The fraction of sp³-hybridized carbons (Fsp3) is 0.357. The zero-order valence-electron chi connectivity index (χ0n) is 20.3. The second-order valence-electron chi connectivity index (χ2n) is 9.43. The summed E-state index contributed by atoms with van der Waals surface area (Å²) in [5.41, 5.74) is 3.42. The van der Waals surface area contributed by atoms with Gasteiger partial charge in [-0.1, -0.05) is 31.4 Å². The summed E-state index contributed by atoms with van der Waals surface area (Å²) in [7, 11) is 3.88. The van der Waals surface area contributed by atoms with Crippen molar-refractivity contribution >= 4 is 28.8 Å². The number of hydrogen-bond acceptors (Lipinski definition) is 6. The van der Waals surface area contributed by atoms with E-state index in [1.54, 1.807) is 23.1 Å². The Bertz CT molecular complexity index is 1110. The molecule has 7 nitrogen and oxygen atoms in total. The van der Waals surface area contributed by atoms with Crippen LogP contribution in [0.25, 0.3) is 5.76 Å². The summed E-state index contributed by atoms with van der Waals surface area (Å²) in [4.78, 5) is 34.7. The summed E-state index contributed by atoms with van der Waals surface area (Å²) >= 11 is 0. The molecule has 2 aromatic carbocycles. The molecule has 1 aliphatic carbocycles. The molecule has 1 saturated heterocycles. The second kappa shape index (κ2) is 10.8. The molecule has 1 amide bonds. The Labute approximate surface area is 206 Å². The molecular formula is C28H33N3O4. The largest absolute Gasteiger partial charge is 0.507 e. The third-order valence-electron chi connectivity index (χ3n) is 6.98. The first-order chi connectivity index (χ1) is 16.9. The van der Waals surface area contributed by atoms with Gasteiger partial charge in [0.15, 0.2) is 0 Å². The van der Waals surface area contributed by atoms with E-state index in [0.717, 1.165) is 43.4 Å². The number of anilines is 2. The molecule has 1 atom stereocenters. The third kappa shape index (κ3) is 5.10. The van der Waals surface area contributed by atoms with E-state index < -0.39 is 17.7 Å². The van der Waals surface area contributed by atoms with E-state index in [0.29, 0.717) is 17.7 Å². The van der Waals surface area contributed by atoms with Gasteiger partial charge in [-0.25, -0.2) is 0 Å². The zero-order chi connectivity index (χ0) is 24.9. The Kier molecular flexibility index (Phi) is 7.56. The lowest BCUT2D eigenvalue weighted by Gasteiger charge is -2.34. The number of rotatable bonds is 7. The molecule has 184 valence electrons. The topological polar surface area (TPSA) is 96.1 Å². The van der Waals surface area contributed by atoms with Gasteiger partial charge < -0.3 is 14.8 Å². The highest BCUT2D eigenvalue weighted by Gasteiger charge is 2.49. The normalized spacial score (nSPS) is 20.5. The quantitative estimate of drug-likeness (QED) is 0.264. The van der Waals surface area contributed by atoms with E-state index >= 15 is 0 Å². The van der Waals surface area contributed by atoms with E-state index in [1.807, 2.05) is 55.4 Å². The summed E-state index contributed by atoms with van der Waals surface area (Å²) < 4.78 is 0. The summed E-state index contributed by atoms with van der Waals surface area (Å²) in [5.74, 6) is 3.83. The van der Waals surface area contributed by atoms with Gasteiger partial charge in [0.05, 0.1) is 11.6 Å². The van der Waals surface area contributed by atoms with Crippen LogP contribution in [-0.2, 0) is 20.8 Å². The maximum atomic E-state index is 13.3. The molecule has 2 aromatic rings. The molecule has 4 rings (SSSR count). The highest BCUT2D eigenvalue weighted by molar-refractivity contribution is 6.51. The molecule has 2 fully saturated rings. The highest BCUT2D eigenvalue weighted by Crippen LogP contribution is 2.41.